The smallest absolute Gasteiger partial charge is 0.251 e. The minimum atomic E-state index is -0.0764. The molecular weight excluding hydrogens is 490 g/mol. The van der Waals surface area contributed by atoms with Gasteiger partial charge in [-0.2, -0.15) is 0 Å². The number of halogens is 1. The minimum Gasteiger partial charge on any atom is -0.494 e. The molecule has 1 N–H and O–H groups in total. The fraction of sp³-hybridized carbons (Fsp3) is 0.286. The fourth-order valence-electron chi connectivity index (χ4n) is 3.95. The largest absolute Gasteiger partial charge is 0.494 e. The van der Waals surface area contributed by atoms with Crippen molar-refractivity contribution >= 4 is 32.9 Å². The third-order valence-electron chi connectivity index (χ3n) is 5.98. The number of fused-ring (bicyclic) bond motifs is 1. The summed E-state index contributed by atoms with van der Waals surface area (Å²) in [6.45, 7) is 6.30. The highest BCUT2D eigenvalue weighted by atomic mass is 79.9. The van der Waals surface area contributed by atoms with Crippen LogP contribution in [0.15, 0.2) is 71.2 Å². The van der Waals surface area contributed by atoms with Gasteiger partial charge >= 0.3 is 0 Å². The highest BCUT2D eigenvalue weighted by molar-refractivity contribution is 9.10. The van der Waals surface area contributed by atoms with E-state index in [-0.39, 0.29) is 5.91 Å². The average molecular weight is 520 g/mol. The molecule has 1 aromatic heterocycles. The normalized spacial score (nSPS) is 11.0. The standard InChI is InChI=1S/C28H30BrN3O2/c1-20-12-13-24(18-21(20)2)34-17-6-5-16-32-26-11-4-3-10-25(26)31-27(32)14-15-30-28(33)22-8-7-9-23(29)19-22/h3-4,7-13,18-19H,5-6,14-17H2,1-2H3,(H,30,33). The van der Waals surface area contributed by atoms with Crippen molar-refractivity contribution in [2.45, 2.75) is 39.7 Å². The van der Waals surface area contributed by atoms with Crippen LogP contribution in [0, 0.1) is 13.8 Å². The number of nitrogens with zero attached hydrogens (tertiary/aromatic N) is 2. The molecule has 0 bridgehead atoms. The summed E-state index contributed by atoms with van der Waals surface area (Å²) in [5.74, 6) is 1.84. The summed E-state index contributed by atoms with van der Waals surface area (Å²) < 4.78 is 9.11. The van der Waals surface area contributed by atoms with Crippen molar-refractivity contribution in [3.8, 4) is 5.75 Å². The van der Waals surface area contributed by atoms with Crippen LogP contribution in [-0.2, 0) is 13.0 Å². The number of imidazole rings is 1. The molecule has 4 aromatic rings. The van der Waals surface area contributed by atoms with E-state index in [9.17, 15) is 4.79 Å². The Labute approximate surface area is 209 Å². The number of aromatic nitrogens is 2. The van der Waals surface area contributed by atoms with E-state index < -0.39 is 0 Å². The Morgan fingerprint density at radius 3 is 2.68 bits per heavy atom. The van der Waals surface area contributed by atoms with Gasteiger partial charge in [0.25, 0.3) is 5.91 Å². The predicted molar refractivity (Wildman–Crippen MR) is 141 cm³/mol. The molecule has 3 aromatic carbocycles. The van der Waals surface area contributed by atoms with E-state index in [4.69, 9.17) is 9.72 Å². The van der Waals surface area contributed by atoms with Gasteiger partial charge in [-0.3, -0.25) is 4.79 Å². The lowest BCUT2D eigenvalue weighted by Crippen LogP contribution is -2.26. The molecule has 0 radical (unpaired) electrons. The minimum absolute atomic E-state index is 0.0764. The molecule has 34 heavy (non-hydrogen) atoms. The van der Waals surface area contributed by atoms with E-state index >= 15 is 0 Å². The summed E-state index contributed by atoms with van der Waals surface area (Å²) in [5, 5.41) is 3.02. The number of hydrogen-bond acceptors (Lipinski definition) is 3. The van der Waals surface area contributed by atoms with Gasteiger partial charge in [0.1, 0.15) is 11.6 Å². The molecule has 0 aliphatic rings. The van der Waals surface area contributed by atoms with E-state index in [1.165, 1.54) is 11.1 Å². The van der Waals surface area contributed by atoms with Gasteiger partial charge in [-0.15, -0.1) is 0 Å². The summed E-state index contributed by atoms with van der Waals surface area (Å²) in [7, 11) is 0. The molecule has 176 valence electrons. The van der Waals surface area contributed by atoms with Crippen molar-refractivity contribution in [1.29, 1.82) is 0 Å². The van der Waals surface area contributed by atoms with Crippen LogP contribution in [-0.4, -0.2) is 28.6 Å². The number of para-hydroxylation sites is 2. The lowest BCUT2D eigenvalue weighted by molar-refractivity contribution is 0.0954. The quantitative estimate of drug-likeness (QED) is 0.252. The summed E-state index contributed by atoms with van der Waals surface area (Å²) in [6, 6.07) is 21.8. The molecule has 0 fully saturated rings. The molecule has 1 amide bonds. The zero-order chi connectivity index (χ0) is 23.9. The maximum Gasteiger partial charge on any atom is 0.251 e. The Morgan fingerprint density at radius 1 is 1.00 bits per heavy atom. The van der Waals surface area contributed by atoms with Gasteiger partial charge < -0.3 is 14.6 Å². The number of unbranched alkanes of at least 4 members (excludes halogenated alkanes) is 1. The Morgan fingerprint density at radius 2 is 1.85 bits per heavy atom. The Bertz CT molecular complexity index is 1280. The van der Waals surface area contributed by atoms with E-state index in [0.717, 1.165) is 46.5 Å². The molecule has 1 heterocycles. The second kappa shape index (κ2) is 11.3. The van der Waals surface area contributed by atoms with Gasteiger partial charge in [-0.25, -0.2) is 4.98 Å². The number of carbonyl (C=O) groups is 1. The number of aryl methyl sites for hydroxylation is 3. The van der Waals surface area contributed by atoms with Crippen LogP contribution in [0.4, 0.5) is 0 Å². The molecule has 0 atom stereocenters. The molecule has 0 aliphatic carbocycles. The molecule has 0 spiro atoms. The number of hydrogen-bond donors (Lipinski definition) is 1. The summed E-state index contributed by atoms with van der Waals surface area (Å²) in [4.78, 5) is 17.3. The first kappa shape index (κ1) is 24.0. The summed E-state index contributed by atoms with van der Waals surface area (Å²) in [6.07, 6.45) is 2.62. The molecule has 0 aliphatic heterocycles. The Kier molecular flexibility index (Phi) is 8.01. The SMILES string of the molecule is Cc1ccc(OCCCCn2c(CCNC(=O)c3cccc(Br)c3)nc3ccccc32)cc1C. The van der Waals surface area contributed by atoms with Crippen LogP contribution in [0.2, 0.25) is 0 Å². The van der Waals surface area contributed by atoms with Crippen molar-refractivity contribution in [3.63, 3.8) is 0 Å². The third kappa shape index (κ3) is 6.06. The number of carbonyl (C=O) groups excluding carboxylic acids is 1. The molecule has 0 saturated heterocycles. The van der Waals surface area contributed by atoms with Gasteiger partial charge in [0, 0.05) is 29.5 Å². The number of nitrogens with one attached hydrogen (secondary N) is 1. The number of benzene rings is 3. The molecule has 4 rings (SSSR count). The van der Waals surface area contributed by atoms with Gasteiger partial charge in [-0.05, 0) is 80.3 Å². The topological polar surface area (TPSA) is 56.1 Å². The zero-order valence-electron chi connectivity index (χ0n) is 19.7. The number of rotatable bonds is 10. The monoisotopic (exact) mass is 519 g/mol. The Balaban J connectivity index is 1.33. The number of ether oxygens (including phenoxy) is 1. The second-order valence-electron chi connectivity index (χ2n) is 8.49. The van der Waals surface area contributed by atoms with Gasteiger partial charge in [0.2, 0.25) is 0 Å². The third-order valence-corrected chi connectivity index (χ3v) is 6.47. The van der Waals surface area contributed by atoms with Crippen molar-refractivity contribution < 1.29 is 9.53 Å². The van der Waals surface area contributed by atoms with Crippen molar-refractivity contribution in [1.82, 2.24) is 14.9 Å². The second-order valence-corrected chi connectivity index (χ2v) is 9.40. The van der Waals surface area contributed by atoms with Gasteiger partial charge in [0.15, 0.2) is 0 Å². The van der Waals surface area contributed by atoms with E-state index in [1.54, 1.807) is 0 Å². The molecule has 0 saturated carbocycles. The molecule has 6 heteroatoms. The van der Waals surface area contributed by atoms with E-state index in [2.05, 4.69) is 57.9 Å². The lowest BCUT2D eigenvalue weighted by atomic mass is 10.1. The average Bonchev–Trinajstić information content (AvgIpc) is 3.18. The van der Waals surface area contributed by atoms with Crippen LogP contribution in [0.1, 0.15) is 40.2 Å². The first-order valence-electron chi connectivity index (χ1n) is 11.7. The first-order chi connectivity index (χ1) is 16.5. The van der Waals surface area contributed by atoms with Crippen molar-refractivity contribution in [3.05, 3.63) is 93.7 Å². The molecular formula is C28H30BrN3O2. The zero-order valence-corrected chi connectivity index (χ0v) is 21.3. The van der Waals surface area contributed by atoms with E-state index in [0.29, 0.717) is 25.1 Å². The first-order valence-corrected chi connectivity index (χ1v) is 12.5. The lowest BCUT2D eigenvalue weighted by Gasteiger charge is -2.11. The maximum atomic E-state index is 12.5. The van der Waals surface area contributed by atoms with Crippen LogP contribution >= 0.6 is 15.9 Å². The maximum absolute atomic E-state index is 12.5. The predicted octanol–water partition coefficient (Wildman–Crippen LogP) is 6.25. The van der Waals surface area contributed by atoms with Crippen LogP contribution in [0.3, 0.4) is 0 Å². The molecule has 0 unspecified atom stereocenters. The molecule has 5 nitrogen and oxygen atoms in total. The van der Waals surface area contributed by atoms with Crippen molar-refractivity contribution in [2.24, 2.45) is 0 Å². The fourth-order valence-corrected chi connectivity index (χ4v) is 4.35. The van der Waals surface area contributed by atoms with Crippen LogP contribution in [0.5, 0.6) is 5.75 Å². The number of amides is 1. The summed E-state index contributed by atoms with van der Waals surface area (Å²) in [5.41, 5.74) is 5.29. The summed E-state index contributed by atoms with van der Waals surface area (Å²) >= 11 is 3.42. The van der Waals surface area contributed by atoms with Crippen molar-refractivity contribution in [2.75, 3.05) is 13.2 Å². The van der Waals surface area contributed by atoms with Crippen LogP contribution < -0.4 is 10.1 Å². The van der Waals surface area contributed by atoms with Gasteiger partial charge in [0.05, 0.1) is 17.6 Å². The van der Waals surface area contributed by atoms with E-state index in [1.807, 2.05) is 48.5 Å². The Hall–Kier alpha value is -3.12. The van der Waals surface area contributed by atoms with Gasteiger partial charge in [-0.1, -0.05) is 40.2 Å². The highest BCUT2D eigenvalue weighted by Gasteiger charge is 2.11. The highest BCUT2D eigenvalue weighted by Crippen LogP contribution is 2.19. The van der Waals surface area contributed by atoms with Crippen LogP contribution in [0.25, 0.3) is 11.0 Å².